The largest absolute Gasteiger partial charge is 0.480 e. The number of aliphatic carboxylic acids is 4. The van der Waals surface area contributed by atoms with Crippen molar-refractivity contribution in [3.63, 3.8) is 0 Å². The van der Waals surface area contributed by atoms with Crippen LogP contribution in [0.15, 0.2) is 0 Å². The molecule has 0 unspecified atom stereocenters. The van der Waals surface area contributed by atoms with Crippen molar-refractivity contribution >= 4 is 23.9 Å². The van der Waals surface area contributed by atoms with Gasteiger partial charge in [-0.3, -0.25) is 29.0 Å². The Labute approximate surface area is 144 Å². The van der Waals surface area contributed by atoms with Crippen LogP contribution in [-0.2, 0) is 19.2 Å². The third kappa shape index (κ3) is 16.4. The van der Waals surface area contributed by atoms with Crippen molar-refractivity contribution in [1.82, 2.24) is 9.80 Å². The van der Waals surface area contributed by atoms with Gasteiger partial charge in [0.15, 0.2) is 0 Å². The lowest BCUT2D eigenvalue weighted by atomic mass is 10.1. The molecular formula is C14H26N2O9. The summed E-state index contributed by atoms with van der Waals surface area (Å²) in [6, 6.07) is 0. The molecule has 0 fully saturated rings. The standard InChI is InChI=1S/C14H24N2O8.H2O/c17-11(18)7-15(8-12(19)20)5-3-1-2-4-6-16(9-13(21)22)10-14(23)24;/h1-10H2,(H,17,18)(H,19,20)(H,21,22)(H,23,24);1H2. The minimum Gasteiger partial charge on any atom is -0.480 e. The third-order valence-corrected chi connectivity index (χ3v) is 3.13. The predicted molar refractivity (Wildman–Crippen MR) is 85.5 cm³/mol. The molecular weight excluding hydrogens is 340 g/mol. The third-order valence-electron chi connectivity index (χ3n) is 3.13. The molecule has 0 aromatic heterocycles. The topological polar surface area (TPSA) is 187 Å². The Bertz CT molecular complexity index is 370. The van der Waals surface area contributed by atoms with E-state index < -0.39 is 23.9 Å². The average Bonchev–Trinajstić information content (AvgIpc) is 2.39. The maximum atomic E-state index is 10.6. The van der Waals surface area contributed by atoms with Gasteiger partial charge >= 0.3 is 23.9 Å². The number of hydrogen-bond donors (Lipinski definition) is 4. The van der Waals surface area contributed by atoms with E-state index in [-0.39, 0.29) is 31.7 Å². The Morgan fingerprint density at radius 1 is 0.520 bits per heavy atom. The van der Waals surface area contributed by atoms with Crippen LogP contribution in [0.25, 0.3) is 0 Å². The van der Waals surface area contributed by atoms with Gasteiger partial charge in [-0.2, -0.15) is 0 Å². The Morgan fingerprint density at radius 2 is 0.760 bits per heavy atom. The summed E-state index contributed by atoms with van der Waals surface area (Å²) in [6.07, 6.45) is 2.64. The fourth-order valence-electron chi connectivity index (χ4n) is 2.22. The number of hydrogen-bond acceptors (Lipinski definition) is 6. The highest BCUT2D eigenvalue weighted by Gasteiger charge is 2.14. The first-order valence-corrected chi connectivity index (χ1v) is 7.52. The molecule has 0 aromatic rings. The number of nitrogens with zero attached hydrogens (tertiary/aromatic N) is 2. The van der Waals surface area contributed by atoms with Crippen LogP contribution in [0.5, 0.6) is 0 Å². The molecule has 0 rings (SSSR count). The van der Waals surface area contributed by atoms with Crippen molar-refractivity contribution in [2.24, 2.45) is 0 Å². The van der Waals surface area contributed by atoms with Crippen LogP contribution >= 0.6 is 0 Å². The summed E-state index contributed by atoms with van der Waals surface area (Å²) in [5.74, 6) is -4.35. The van der Waals surface area contributed by atoms with Crippen molar-refractivity contribution in [2.45, 2.75) is 25.7 Å². The Balaban J connectivity index is 0. The zero-order chi connectivity index (χ0) is 18.5. The van der Waals surface area contributed by atoms with Crippen molar-refractivity contribution < 1.29 is 45.1 Å². The van der Waals surface area contributed by atoms with Gasteiger partial charge in [-0.25, -0.2) is 0 Å². The number of carboxylic acid groups (broad SMARTS) is 4. The van der Waals surface area contributed by atoms with Crippen LogP contribution in [0.4, 0.5) is 0 Å². The normalized spacial score (nSPS) is 10.5. The molecule has 0 aliphatic rings. The van der Waals surface area contributed by atoms with Gasteiger partial charge in [-0.1, -0.05) is 12.8 Å². The van der Waals surface area contributed by atoms with E-state index in [1.165, 1.54) is 9.80 Å². The molecule has 0 amide bonds. The van der Waals surface area contributed by atoms with E-state index in [2.05, 4.69) is 0 Å². The van der Waals surface area contributed by atoms with Gasteiger partial charge in [-0.15, -0.1) is 0 Å². The first-order valence-electron chi connectivity index (χ1n) is 7.52. The number of unbranched alkanes of at least 4 members (excludes halogenated alkanes) is 3. The number of rotatable bonds is 15. The first-order chi connectivity index (χ1) is 11.2. The second-order valence-corrected chi connectivity index (χ2v) is 5.41. The summed E-state index contributed by atoms with van der Waals surface area (Å²) in [5, 5.41) is 34.8. The molecule has 0 aliphatic carbocycles. The van der Waals surface area contributed by atoms with Crippen LogP contribution in [-0.4, -0.2) is 98.8 Å². The molecule has 0 saturated heterocycles. The van der Waals surface area contributed by atoms with Gasteiger partial charge < -0.3 is 25.9 Å². The molecule has 0 bridgehead atoms. The summed E-state index contributed by atoms with van der Waals surface area (Å²) < 4.78 is 0. The molecule has 0 saturated carbocycles. The number of carbonyl (C=O) groups is 4. The number of carboxylic acids is 4. The van der Waals surface area contributed by atoms with Gasteiger partial charge in [0, 0.05) is 0 Å². The molecule has 146 valence electrons. The van der Waals surface area contributed by atoms with Crippen LogP contribution in [0.1, 0.15) is 25.7 Å². The Morgan fingerprint density at radius 3 is 0.960 bits per heavy atom. The van der Waals surface area contributed by atoms with Crippen molar-refractivity contribution in [1.29, 1.82) is 0 Å². The van der Waals surface area contributed by atoms with Crippen LogP contribution in [0, 0.1) is 0 Å². The van der Waals surface area contributed by atoms with E-state index in [1.807, 2.05) is 0 Å². The lowest BCUT2D eigenvalue weighted by Crippen LogP contribution is -2.35. The monoisotopic (exact) mass is 366 g/mol. The minimum absolute atomic E-state index is 0. The molecule has 0 heterocycles. The first kappa shape index (κ1) is 25.0. The second kappa shape index (κ2) is 14.1. The van der Waals surface area contributed by atoms with Gasteiger partial charge in [-0.05, 0) is 25.9 Å². The van der Waals surface area contributed by atoms with E-state index in [1.54, 1.807) is 0 Å². The summed E-state index contributed by atoms with van der Waals surface area (Å²) >= 11 is 0. The smallest absolute Gasteiger partial charge is 0.317 e. The highest BCUT2D eigenvalue weighted by Crippen LogP contribution is 2.04. The lowest BCUT2D eigenvalue weighted by Gasteiger charge is -2.19. The highest BCUT2D eigenvalue weighted by atomic mass is 16.4. The van der Waals surface area contributed by atoms with Crippen molar-refractivity contribution in [3.8, 4) is 0 Å². The van der Waals surface area contributed by atoms with E-state index in [0.717, 1.165) is 0 Å². The van der Waals surface area contributed by atoms with Crippen LogP contribution < -0.4 is 0 Å². The molecule has 6 N–H and O–H groups in total. The summed E-state index contributed by atoms with van der Waals surface area (Å²) in [6.45, 7) is -0.664. The fourth-order valence-corrected chi connectivity index (χ4v) is 2.22. The molecule has 0 atom stereocenters. The van der Waals surface area contributed by atoms with Gasteiger partial charge in [0.2, 0.25) is 0 Å². The SMILES string of the molecule is O.O=C(O)CN(CCCCCCN(CC(=O)O)CC(=O)O)CC(=O)O. The Hall–Kier alpha value is -2.24. The summed E-state index contributed by atoms with van der Waals surface area (Å²) in [5.41, 5.74) is 0. The van der Waals surface area contributed by atoms with Crippen molar-refractivity contribution in [3.05, 3.63) is 0 Å². The zero-order valence-corrected chi connectivity index (χ0v) is 13.9. The van der Waals surface area contributed by atoms with Crippen molar-refractivity contribution in [2.75, 3.05) is 39.3 Å². The van der Waals surface area contributed by atoms with Crippen LogP contribution in [0.3, 0.4) is 0 Å². The van der Waals surface area contributed by atoms with Gasteiger partial charge in [0.05, 0.1) is 26.2 Å². The van der Waals surface area contributed by atoms with E-state index >= 15 is 0 Å². The summed E-state index contributed by atoms with van der Waals surface area (Å²) in [7, 11) is 0. The summed E-state index contributed by atoms with van der Waals surface area (Å²) in [4.78, 5) is 45.2. The van der Waals surface area contributed by atoms with Gasteiger partial charge in [0.25, 0.3) is 0 Å². The lowest BCUT2D eigenvalue weighted by molar-refractivity contribution is -0.143. The predicted octanol–water partition coefficient (Wildman–Crippen LogP) is -1.34. The van der Waals surface area contributed by atoms with Crippen LogP contribution in [0.2, 0.25) is 0 Å². The quantitative estimate of drug-likeness (QED) is 0.253. The molecule has 0 aliphatic heterocycles. The molecule has 25 heavy (non-hydrogen) atoms. The minimum atomic E-state index is -1.09. The zero-order valence-electron chi connectivity index (χ0n) is 13.9. The molecule has 11 heteroatoms. The van der Waals surface area contributed by atoms with E-state index in [0.29, 0.717) is 38.8 Å². The molecule has 0 aromatic carbocycles. The fraction of sp³-hybridized carbons (Fsp3) is 0.714. The van der Waals surface area contributed by atoms with Gasteiger partial charge in [0.1, 0.15) is 0 Å². The average molecular weight is 366 g/mol. The molecule has 0 radical (unpaired) electrons. The Kier molecular flexibility index (Phi) is 14.1. The highest BCUT2D eigenvalue weighted by molar-refractivity contribution is 5.73. The maximum Gasteiger partial charge on any atom is 0.317 e. The van der Waals surface area contributed by atoms with E-state index in [9.17, 15) is 19.2 Å². The molecule has 0 spiro atoms. The maximum absolute atomic E-state index is 10.6. The molecule has 11 nitrogen and oxygen atoms in total. The van der Waals surface area contributed by atoms with E-state index in [4.69, 9.17) is 20.4 Å². The second-order valence-electron chi connectivity index (χ2n) is 5.41.